The van der Waals surface area contributed by atoms with Crippen molar-refractivity contribution in [3.05, 3.63) is 82.9 Å². The van der Waals surface area contributed by atoms with Crippen molar-refractivity contribution in [3.63, 3.8) is 0 Å². The van der Waals surface area contributed by atoms with E-state index in [-0.39, 0.29) is 4.90 Å². The molecule has 0 aliphatic rings. The van der Waals surface area contributed by atoms with Gasteiger partial charge in [-0.1, -0.05) is 41.9 Å². The Kier molecular flexibility index (Phi) is 7.20. The molecule has 0 radical (unpaired) electrons. The van der Waals surface area contributed by atoms with E-state index < -0.39 is 10.0 Å². The van der Waals surface area contributed by atoms with Crippen LogP contribution < -0.4 is 19.9 Å². The van der Waals surface area contributed by atoms with Gasteiger partial charge >= 0.3 is 0 Å². The van der Waals surface area contributed by atoms with Gasteiger partial charge in [-0.3, -0.25) is 0 Å². The third kappa shape index (κ3) is 5.89. The summed E-state index contributed by atoms with van der Waals surface area (Å²) in [5.74, 6) is 1.19. The summed E-state index contributed by atoms with van der Waals surface area (Å²) < 4.78 is 34.4. The third-order valence-electron chi connectivity index (χ3n) is 4.32. The van der Waals surface area contributed by atoms with Gasteiger partial charge < -0.3 is 14.8 Å². The van der Waals surface area contributed by atoms with E-state index in [0.717, 1.165) is 16.8 Å². The maximum Gasteiger partial charge on any atom is 0.238 e. The van der Waals surface area contributed by atoms with Crippen molar-refractivity contribution in [1.82, 2.24) is 0 Å². The van der Waals surface area contributed by atoms with Crippen molar-refractivity contribution in [2.45, 2.75) is 25.0 Å². The van der Waals surface area contributed by atoms with Crippen LogP contribution in [0.4, 0.5) is 5.69 Å². The van der Waals surface area contributed by atoms with Crippen molar-refractivity contribution in [1.29, 1.82) is 0 Å². The van der Waals surface area contributed by atoms with Crippen molar-refractivity contribution in [3.8, 4) is 11.5 Å². The second kappa shape index (κ2) is 9.84. The summed E-state index contributed by atoms with van der Waals surface area (Å²) in [6, 6.07) is 19.6. The minimum absolute atomic E-state index is 0.0598. The number of benzene rings is 3. The van der Waals surface area contributed by atoms with E-state index in [2.05, 4.69) is 5.32 Å². The van der Waals surface area contributed by atoms with Crippen LogP contribution in [0.3, 0.4) is 0 Å². The summed E-state index contributed by atoms with van der Waals surface area (Å²) in [6.45, 7) is 3.23. The normalized spacial score (nSPS) is 11.2. The first kappa shape index (κ1) is 22.0. The molecule has 0 aliphatic carbocycles. The summed E-state index contributed by atoms with van der Waals surface area (Å²) in [5.41, 5.74) is 2.60. The highest BCUT2D eigenvalue weighted by Gasteiger charge is 2.12. The first-order valence-electron chi connectivity index (χ1n) is 9.35. The standard InChI is InChI=1S/C22H23ClN2O4S/c1-2-28-21-12-17(14-25-18-8-10-19(11-9-18)30(24,26)27)20(23)13-22(21)29-15-16-6-4-3-5-7-16/h3-13,25H,2,14-15H2,1H3,(H2,24,26,27). The molecule has 30 heavy (non-hydrogen) atoms. The number of hydrogen-bond donors (Lipinski definition) is 2. The smallest absolute Gasteiger partial charge is 0.238 e. The topological polar surface area (TPSA) is 90.6 Å². The van der Waals surface area contributed by atoms with Crippen molar-refractivity contribution in [2.75, 3.05) is 11.9 Å². The van der Waals surface area contributed by atoms with Crippen LogP contribution in [0.2, 0.25) is 5.02 Å². The molecule has 0 atom stereocenters. The van der Waals surface area contributed by atoms with Crippen LogP contribution >= 0.6 is 11.6 Å². The molecule has 3 N–H and O–H groups in total. The van der Waals surface area contributed by atoms with Gasteiger partial charge in [0.25, 0.3) is 0 Å². The number of primary sulfonamides is 1. The lowest BCUT2D eigenvalue weighted by Crippen LogP contribution is -2.12. The van der Waals surface area contributed by atoms with Gasteiger partial charge in [0.05, 0.1) is 11.5 Å². The SMILES string of the molecule is CCOc1cc(CNc2ccc(S(N)(=O)=O)cc2)c(Cl)cc1OCc1ccccc1. The lowest BCUT2D eigenvalue weighted by molar-refractivity contribution is 0.269. The fraction of sp³-hybridized carbons (Fsp3) is 0.182. The van der Waals surface area contributed by atoms with E-state index in [1.54, 1.807) is 18.2 Å². The predicted octanol–water partition coefficient (Wildman–Crippen LogP) is 4.58. The number of ether oxygens (including phenoxy) is 2. The van der Waals surface area contributed by atoms with Crippen molar-refractivity contribution >= 4 is 27.3 Å². The number of sulfonamides is 1. The molecule has 0 fully saturated rings. The van der Waals surface area contributed by atoms with Crippen LogP contribution in [-0.4, -0.2) is 15.0 Å². The fourth-order valence-electron chi connectivity index (χ4n) is 2.79. The highest BCUT2D eigenvalue weighted by molar-refractivity contribution is 7.89. The summed E-state index contributed by atoms with van der Waals surface area (Å²) >= 11 is 6.46. The third-order valence-corrected chi connectivity index (χ3v) is 5.60. The average molecular weight is 447 g/mol. The fourth-order valence-corrected chi connectivity index (χ4v) is 3.52. The summed E-state index contributed by atoms with van der Waals surface area (Å²) in [5, 5.41) is 8.87. The average Bonchev–Trinajstić information content (AvgIpc) is 2.73. The summed E-state index contributed by atoms with van der Waals surface area (Å²) in [7, 11) is -3.72. The molecule has 0 spiro atoms. The van der Waals surface area contributed by atoms with E-state index >= 15 is 0 Å². The Morgan fingerprint density at radius 1 is 0.967 bits per heavy atom. The summed E-state index contributed by atoms with van der Waals surface area (Å²) in [6.07, 6.45) is 0. The van der Waals surface area contributed by atoms with E-state index in [1.807, 2.05) is 43.3 Å². The van der Waals surface area contributed by atoms with Crippen LogP contribution in [0.25, 0.3) is 0 Å². The molecule has 0 heterocycles. The molecule has 0 aliphatic heterocycles. The van der Waals surface area contributed by atoms with Gasteiger partial charge in [-0.25, -0.2) is 13.6 Å². The second-order valence-electron chi connectivity index (χ2n) is 6.52. The molecule has 0 aromatic heterocycles. The number of nitrogens with two attached hydrogens (primary N) is 1. The van der Waals surface area contributed by atoms with Gasteiger partial charge in [0.2, 0.25) is 10.0 Å². The van der Waals surface area contributed by atoms with Crippen LogP contribution in [0.15, 0.2) is 71.6 Å². The Bertz CT molecular complexity index is 1090. The van der Waals surface area contributed by atoms with E-state index in [1.165, 1.54) is 12.1 Å². The molecule has 6 nitrogen and oxygen atoms in total. The lowest BCUT2D eigenvalue weighted by atomic mass is 10.2. The van der Waals surface area contributed by atoms with Crippen molar-refractivity contribution < 1.29 is 17.9 Å². The van der Waals surface area contributed by atoms with E-state index in [0.29, 0.717) is 36.3 Å². The van der Waals surface area contributed by atoms with Gasteiger partial charge in [-0.05, 0) is 48.4 Å². The zero-order valence-electron chi connectivity index (χ0n) is 16.5. The molecule has 0 bridgehead atoms. The zero-order chi connectivity index (χ0) is 21.6. The Hall–Kier alpha value is -2.74. The molecule has 0 saturated heterocycles. The van der Waals surface area contributed by atoms with Crippen molar-refractivity contribution in [2.24, 2.45) is 5.14 Å². The number of rotatable bonds is 9. The highest BCUT2D eigenvalue weighted by Crippen LogP contribution is 2.34. The highest BCUT2D eigenvalue weighted by atomic mass is 35.5. The second-order valence-corrected chi connectivity index (χ2v) is 8.49. The molecule has 3 aromatic rings. The Balaban J connectivity index is 1.72. The molecule has 8 heteroatoms. The molecule has 158 valence electrons. The monoisotopic (exact) mass is 446 g/mol. The molecule has 0 unspecified atom stereocenters. The van der Waals surface area contributed by atoms with E-state index in [9.17, 15) is 8.42 Å². The number of nitrogens with one attached hydrogen (secondary N) is 1. The van der Waals surface area contributed by atoms with Gasteiger partial charge in [-0.15, -0.1) is 0 Å². The predicted molar refractivity (Wildman–Crippen MR) is 119 cm³/mol. The molecule has 0 saturated carbocycles. The summed E-state index contributed by atoms with van der Waals surface area (Å²) in [4.78, 5) is 0.0598. The maximum atomic E-state index is 11.4. The van der Waals surface area contributed by atoms with Gasteiger partial charge in [0, 0.05) is 23.3 Å². The molecule has 0 amide bonds. The first-order chi connectivity index (χ1) is 14.4. The first-order valence-corrected chi connectivity index (χ1v) is 11.3. The zero-order valence-corrected chi connectivity index (χ0v) is 18.0. The maximum absolute atomic E-state index is 11.4. The Morgan fingerprint density at radius 2 is 1.63 bits per heavy atom. The van der Waals surface area contributed by atoms with Crippen LogP contribution in [-0.2, 0) is 23.2 Å². The minimum atomic E-state index is -3.72. The molecule has 3 aromatic carbocycles. The lowest BCUT2D eigenvalue weighted by Gasteiger charge is -2.16. The Morgan fingerprint density at radius 3 is 2.27 bits per heavy atom. The molecular formula is C22H23ClN2O4S. The largest absolute Gasteiger partial charge is 0.490 e. The van der Waals surface area contributed by atoms with Gasteiger partial charge in [0.15, 0.2) is 11.5 Å². The molecule has 3 rings (SSSR count). The van der Waals surface area contributed by atoms with Gasteiger partial charge in [0.1, 0.15) is 6.61 Å². The quantitative estimate of drug-likeness (QED) is 0.502. The van der Waals surface area contributed by atoms with Crippen LogP contribution in [0.1, 0.15) is 18.1 Å². The number of hydrogen-bond acceptors (Lipinski definition) is 5. The number of halogens is 1. The van der Waals surface area contributed by atoms with Crippen LogP contribution in [0.5, 0.6) is 11.5 Å². The Labute approximate surface area is 181 Å². The molecular weight excluding hydrogens is 424 g/mol. The van der Waals surface area contributed by atoms with Crippen LogP contribution in [0, 0.1) is 0 Å². The van der Waals surface area contributed by atoms with E-state index in [4.69, 9.17) is 26.2 Å². The van der Waals surface area contributed by atoms with Gasteiger partial charge in [-0.2, -0.15) is 0 Å². The minimum Gasteiger partial charge on any atom is -0.490 e. The number of anilines is 1.